The molecule has 0 saturated carbocycles. The zero-order valence-electron chi connectivity index (χ0n) is 18.1. The topological polar surface area (TPSA) is 59.8 Å². The summed E-state index contributed by atoms with van der Waals surface area (Å²) in [5, 5.41) is 3.78. The highest BCUT2D eigenvalue weighted by Gasteiger charge is 2.14. The molecule has 0 spiro atoms. The molecule has 0 aliphatic rings. The van der Waals surface area contributed by atoms with Gasteiger partial charge in [-0.2, -0.15) is 0 Å². The van der Waals surface area contributed by atoms with Gasteiger partial charge in [0.25, 0.3) is 5.91 Å². The summed E-state index contributed by atoms with van der Waals surface area (Å²) >= 11 is 1.58. The summed E-state index contributed by atoms with van der Waals surface area (Å²) in [5.74, 6) is 0.388. The van der Waals surface area contributed by atoms with Gasteiger partial charge >= 0.3 is 0 Å². The molecular formula is C25H25FN4OS. The van der Waals surface area contributed by atoms with Gasteiger partial charge in [-0.05, 0) is 43.2 Å². The molecule has 1 amide bonds. The molecule has 32 heavy (non-hydrogen) atoms. The Bertz CT molecular complexity index is 1220. The first kappa shape index (κ1) is 22.0. The highest BCUT2D eigenvalue weighted by atomic mass is 32.2. The van der Waals surface area contributed by atoms with Gasteiger partial charge in [-0.25, -0.2) is 9.37 Å². The number of halogens is 1. The van der Waals surface area contributed by atoms with Crippen molar-refractivity contribution in [3.05, 3.63) is 89.5 Å². The third kappa shape index (κ3) is 4.99. The van der Waals surface area contributed by atoms with E-state index < -0.39 is 0 Å². The van der Waals surface area contributed by atoms with E-state index in [2.05, 4.69) is 10.3 Å². The fraction of sp³-hybridized carbons (Fsp3) is 0.240. The Morgan fingerprint density at radius 2 is 1.94 bits per heavy atom. The summed E-state index contributed by atoms with van der Waals surface area (Å²) in [4.78, 5) is 21.2. The molecule has 5 nitrogen and oxygen atoms in total. The number of pyridine rings is 1. The number of rotatable bonds is 8. The number of nitrogens with zero attached hydrogens (tertiary/aromatic N) is 3. The average molecular weight is 449 g/mol. The van der Waals surface area contributed by atoms with Gasteiger partial charge in [0.15, 0.2) is 5.16 Å². The summed E-state index contributed by atoms with van der Waals surface area (Å²) < 4.78 is 16.3. The number of nitrogens with one attached hydrogen (secondary N) is 1. The number of carbonyl (C=O) groups excluding carboxylic acids is 1. The molecule has 7 heteroatoms. The van der Waals surface area contributed by atoms with Crippen LogP contribution in [0.15, 0.2) is 72.1 Å². The third-order valence-corrected chi connectivity index (χ3v) is 6.42. The van der Waals surface area contributed by atoms with Crippen LogP contribution in [0.2, 0.25) is 0 Å². The molecule has 4 aromatic rings. The Labute approximate surface area is 191 Å². The number of fused-ring (bicyclic) bond motifs is 1. The van der Waals surface area contributed by atoms with Gasteiger partial charge < -0.3 is 9.88 Å². The minimum atomic E-state index is -0.236. The quantitative estimate of drug-likeness (QED) is 0.365. The van der Waals surface area contributed by atoms with Crippen LogP contribution >= 0.6 is 11.8 Å². The van der Waals surface area contributed by atoms with Gasteiger partial charge in [-0.3, -0.25) is 9.78 Å². The van der Waals surface area contributed by atoms with Crippen molar-refractivity contribution in [2.45, 2.75) is 43.8 Å². The van der Waals surface area contributed by atoms with Crippen molar-refractivity contribution in [1.29, 1.82) is 0 Å². The molecule has 0 bridgehead atoms. The largest absolute Gasteiger partial charge is 0.350 e. The van der Waals surface area contributed by atoms with Crippen molar-refractivity contribution in [3.63, 3.8) is 0 Å². The number of hydrogen-bond donors (Lipinski definition) is 1. The van der Waals surface area contributed by atoms with Gasteiger partial charge in [0, 0.05) is 29.1 Å². The van der Waals surface area contributed by atoms with Crippen molar-refractivity contribution in [3.8, 4) is 0 Å². The van der Waals surface area contributed by atoms with Crippen molar-refractivity contribution >= 4 is 28.7 Å². The Kier molecular flexibility index (Phi) is 6.85. The lowest BCUT2D eigenvalue weighted by Gasteiger charge is -2.12. The zero-order valence-corrected chi connectivity index (χ0v) is 18.9. The Hall–Kier alpha value is -3.19. The van der Waals surface area contributed by atoms with Crippen LogP contribution in [-0.4, -0.2) is 26.5 Å². The number of benzene rings is 2. The molecule has 0 aliphatic heterocycles. The summed E-state index contributed by atoms with van der Waals surface area (Å²) in [5.41, 5.74) is 4.04. The highest BCUT2D eigenvalue weighted by molar-refractivity contribution is 7.98. The molecule has 1 atom stereocenters. The van der Waals surface area contributed by atoms with E-state index in [0.717, 1.165) is 28.2 Å². The minimum absolute atomic E-state index is 0.0577. The number of imidazole rings is 1. The molecule has 0 unspecified atom stereocenters. The maximum absolute atomic E-state index is 14.3. The van der Waals surface area contributed by atoms with Crippen LogP contribution < -0.4 is 5.32 Å². The smallest absolute Gasteiger partial charge is 0.251 e. The molecule has 4 rings (SSSR count). The first-order chi connectivity index (χ1) is 15.5. The molecular weight excluding hydrogens is 423 g/mol. The molecule has 2 aromatic carbocycles. The Balaban J connectivity index is 1.52. The highest BCUT2D eigenvalue weighted by Crippen LogP contribution is 2.28. The summed E-state index contributed by atoms with van der Waals surface area (Å²) in [7, 11) is 0. The lowest BCUT2D eigenvalue weighted by molar-refractivity contribution is 0.0939. The van der Waals surface area contributed by atoms with Crippen LogP contribution in [0.5, 0.6) is 0 Å². The maximum atomic E-state index is 14.3. The van der Waals surface area contributed by atoms with Crippen LogP contribution in [0.4, 0.5) is 4.39 Å². The van der Waals surface area contributed by atoms with E-state index in [9.17, 15) is 9.18 Å². The van der Waals surface area contributed by atoms with Crippen LogP contribution in [0, 0.1) is 5.82 Å². The second-order valence-electron chi connectivity index (χ2n) is 7.70. The van der Waals surface area contributed by atoms with E-state index in [0.29, 0.717) is 23.4 Å². The monoisotopic (exact) mass is 448 g/mol. The van der Waals surface area contributed by atoms with Crippen LogP contribution in [0.25, 0.3) is 11.0 Å². The van der Waals surface area contributed by atoms with Crippen molar-refractivity contribution in [1.82, 2.24) is 19.9 Å². The van der Waals surface area contributed by atoms with Crippen LogP contribution in [-0.2, 0) is 12.3 Å². The predicted molar refractivity (Wildman–Crippen MR) is 126 cm³/mol. The first-order valence-corrected chi connectivity index (χ1v) is 11.6. The lowest BCUT2D eigenvalue weighted by atomic mass is 10.1. The fourth-order valence-corrected chi connectivity index (χ4v) is 4.29. The van der Waals surface area contributed by atoms with E-state index in [1.54, 1.807) is 36.3 Å². The molecule has 164 valence electrons. The van der Waals surface area contributed by atoms with E-state index >= 15 is 0 Å². The fourth-order valence-electron chi connectivity index (χ4n) is 3.32. The SMILES string of the molecule is CC[C@@H](C)NC(=O)c1ccc(CSc2nc3ccncc3n2Cc2ccccc2F)cc1. The molecule has 1 N–H and O–H groups in total. The van der Waals surface area contributed by atoms with E-state index in [1.165, 1.54) is 6.07 Å². The van der Waals surface area contributed by atoms with E-state index in [-0.39, 0.29) is 17.8 Å². The third-order valence-electron chi connectivity index (χ3n) is 5.38. The van der Waals surface area contributed by atoms with Gasteiger partial charge in [-0.1, -0.05) is 49.0 Å². The number of hydrogen-bond acceptors (Lipinski definition) is 4. The molecule has 2 heterocycles. The van der Waals surface area contributed by atoms with Crippen LogP contribution in [0.1, 0.15) is 41.8 Å². The summed E-state index contributed by atoms with van der Waals surface area (Å²) in [6.07, 6.45) is 4.36. The van der Waals surface area contributed by atoms with E-state index in [4.69, 9.17) is 4.98 Å². The lowest BCUT2D eigenvalue weighted by Crippen LogP contribution is -2.31. The van der Waals surface area contributed by atoms with Gasteiger partial charge in [-0.15, -0.1) is 0 Å². The molecule has 0 radical (unpaired) electrons. The van der Waals surface area contributed by atoms with Gasteiger partial charge in [0.1, 0.15) is 5.82 Å². The standard InChI is InChI=1S/C25H25FN4OS/c1-3-17(2)28-24(31)19-10-8-18(9-11-19)16-32-25-29-22-12-13-27-14-23(22)30(25)15-20-6-4-5-7-21(20)26/h4-14,17H,3,15-16H2,1-2H3,(H,28,31)/t17-/m1/s1. The van der Waals surface area contributed by atoms with E-state index in [1.807, 2.05) is 54.8 Å². The van der Waals surface area contributed by atoms with Crippen molar-refractivity contribution < 1.29 is 9.18 Å². The van der Waals surface area contributed by atoms with Gasteiger partial charge in [0.2, 0.25) is 0 Å². The predicted octanol–water partition coefficient (Wildman–Crippen LogP) is 5.44. The number of amides is 1. The Morgan fingerprint density at radius 1 is 1.16 bits per heavy atom. The second kappa shape index (κ2) is 9.96. The molecule has 2 aromatic heterocycles. The zero-order chi connectivity index (χ0) is 22.5. The number of aromatic nitrogens is 3. The average Bonchev–Trinajstić information content (AvgIpc) is 3.16. The number of carbonyl (C=O) groups is 1. The Morgan fingerprint density at radius 3 is 2.69 bits per heavy atom. The molecule has 0 saturated heterocycles. The summed E-state index contributed by atoms with van der Waals surface area (Å²) in [6, 6.07) is 16.4. The minimum Gasteiger partial charge on any atom is -0.350 e. The number of thioether (sulfide) groups is 1. The second-order valence-corrected chi connectivity index (χ2v) is 8.65. The summed E-state index contributed by atoms with van der Waals surface area (Å²) in [6.45, 7) is 4.42. The maximum Gasteiger partial charge on any atom is 0.251 e. The van der Waals surface area contributed by atoms with Crippen molar-refractivity contribution in [2.75, 3.05) is 0 Å². The first-order valence-electron chi connectivity index (χ1n) is 10.6. The molecule has 0 fully saturated rings. The van der Waals surface area contributed by atoms with Crippen LogP contribution in [0.3, 0.4) is 0 Å². The molecule has 0 aliphatic carbocycles. The van der Waals surface area contributed by atoms with Gasteiger partial charge in [0.05, 0.1) is 23.8 Å². The van der Waals surface area contributed by atoms with Crippen molar-refractivity contribution in [2.24, 2.45) is 0 Å². The normalized spacial score (nSPS) is 12.1.